The lowest BCUT2D eigenvalue weighted by atomic mass is 10.0. The molecule has 0 atom stereocenters. The molecular weight excluding hydrogens is 430 g/mol. The molecule has 0 bridgehead atoms. The normalized spacial score (nSPS) is 15.3. The van der Waals surface area contributed by atoms with E-state index in [4.69, 9.17) is 16.0 Å². The maximum absolute atomic E-state index is 12.4. The summed E-state index contributed by atoms with van der Waals surface area (Å²) in [5.74, 6) is 0.584. The van der Waals surface area contributed by atoms with Gasteiger partial charge in [0.1, 0.15) is 5.76 Å². The molecule has 1 fully saturated rings. The number of furan rings is 1. The number of halogens is 2. The van der Waals surface area contributed by atoms with Gasteiger partial charge in [-0.3, -0.25) is 9.78 Å². The lowest BCUT2D eigenvalue weighted by molar-refractivity contribution is 0.0929. The molecule has 2 aromatic heterocycles. The van der Waals surface area contributed by atoms with Crippen LogP contribution in [0.5, 0.6) is 0 Å². The highest BCUT2D eigenvalue weighted by Crippen LogP contribution is 2.34. The summed E-state index contributed by atoms with van der Waals surface area (Å²) in [5, 5.41) is 4.80. The van der Waals surface area contributed by atoms with Gasteiger partial charge in [-0.2, -0.15) is 0 Å². The number of piperidine rings is 1. The maximum Gasteiger partial charge on any atom is 0.255 e. The van der Waals surface area contributed by atoms with Crippen molar-refractivity contribution in [2.75, 3.05) is 18.0 Å². The first-order valence-electron chi connectivity index (χ1n) is 8.86. The summed E-state index contributed by atoms with van der Waals surface area (Å²) in [7, 11) is 0. The highest BCUT2D eigenvalue weighted by molar-refractivity contribution is 9.10. The first-order valence-corrected chi connectivity index (χ1v) is 10.0. The first-order chi connectivity index (χ1) is 13.0. The van der Waals surface area contributed by atoms with Crippen molar-refractivity contribution in [3.05, 3.63) is 57.5 Å². The molecule has 27 heavy (non-hydrogen) atoms. The van der Waals surface area contributed by atoms with Crippen LogP contribution in [0.3, 0.4) is 0 Å². The van der Waals surface area contributed by atoms with E-state index >= 15 is 0 Å². The van der Waals surface area contributed by atoms with Crippen LogP contribution in [0.15, 0.2) is 45.6 Å². The van der Waals surface area contributed by atoms with E-state index in [2.05, 4.69) is 37.2 Å². The molecule has 0 aliphatic carbocycles. The van der Waals surface area contributed by atoms with Crippen LogP contribution in [0.25, 0.3) is 10.9 Å². The van der Waals surface area contributed by atoms with Gasteiger partial charge in [-0.05, 0) is 44.0 Å². The average molecular weight is 449 g/mol. The molecule has 1 amide bonds. The molecule has 0 saturated carbocycles. The summed E-state index contributed by atoms with van der Waals surface area (Å²) in [6.07, 6.45) is 5.11. The van der Waals surface area contributed by atoms with E-state index in [1.165, 1.54) is 0 Å². The standard InChI is InChI=1S/C20H19BrClN3O2/c1-12-15(5-9-27-12)20(26)24-14-3-7-25(8-4-14)18-2-6-23-19-16(18)10-13(21)11-17(19)22/h2,5-6,9-11,14H,3-4,7-8H2,1H3,(H,24,26). The number of rotatable bonds is 3. The minimum absolute atomic E-state index is 0.0650. The Balaban J connectivity index is 1.48. The number of nitrogens with one attached hydrogen (secondary N) is 1. The highest BCUT2D eigenvalue weighted by atomic mass is 79.9. The molecule has 1 saturated heterocycles. The van der Waals surface area contributed by atoms with Gasteiger partial charge in [0, 0.05) is 40.9 Å². The number of amides is 1. The second-order valence-corrected chi connectivity index (χ2v) is 8.06. The summed E-state index contributed by atoms with van der Waals surface area (Å²) in [6.45, 7) is 3.52. The van der Waals surface area contributed by atoms with Crippen molar-refractivity contribution in [2.45, 2.75) is 25.8 Å². The molecule has 3 heterocycles. The van der Waals surface area contributed by atoms with E-state index in [0.717, 1.165) is 47.0 Å². The largest absolute Gasteiger partial charge is 0.469 e. The number of carbonyl (C=O) groups is 1. The lowest BCUT2D eigenvalue weighted by Gasteiger charge is -2.34. The minimum atomic E-state index is -0.0650. The zero-order chi connectivity index (χ0) is 19.0. The Morgan fingerprint density at radius 2 is 2.11 bits per heavy atom. The van der Waals surface area contributed by atoms with Crippen molar-refractivity contribution in [3.63, 3.8) is 0 Å². The fourth-order valence-electron chi connectivity index (χ4n) is 3.59. The number of nitrogens with zero attached hydrogens (tertiary/aromatic N) is 2. The number of benzene rings is 1. The summed E-state index contributed by atoms with van der Waals surface area (Å²) < 4.78 is 6.16. The Morgan fingerprint density at radius 3 is 2.81 bits per heavy atom. The highest BCUT2D eigenvalue weighted by Gasteiger charge is 2.23. The Morgan fingerprint density at radius 1 is 1.33 bits per heavy atom. The van der Waals surface area contributed by atoms with Gasteiger partial charge in [0.25, 0.3) is 5.91 Å². The lowest BCUT2D eigenvalue weighted by Crippen LogP contribution is -2.44. The molecule has 140 valence electrons. The minimum Gasteiger partial charge on any atom is -0.469 e. The fourth-order valence-corrected chi connectivity index (χ4v) is 4.45. The number of fused-ring (bicyclic) bond motifs is 1. The van der Waals surface area contributed by atoms with E-state index in [1.54, 1.807) is 25.5 Å². The number of hydrogen-bond acceptors (Lipinski definition) is 4. The monoisotopic (exact) mass is 447 g/mol. The predicted octanol–water partition coefficient (Wildman–Crippen LogP) is 4.95. The van der Waals surface area contributed by atoms with E-state index in [9.17, 15) is 4.79 Å². The molecular formula is C20H19BrClN3O2. The molecule has 1 aromatic carbocycles. The van der Waals surface area contributed by atoms with Crippen LogP contribution in [0.4, 0.5) is 5.69 Å². The van der Waals surface area contributed by atoms with E-state index in [1.807, 2.05) is 12.1 Å². The van der Waals surface area contributed by atoms with E-state index in [0.29, 0.717) is 16.3 Å². The number of pyridine rings is 1. The average Bonchev–Trinajstić information content (AvgIpc) is 3.08. The molecule has 5 nitrogen and oxygen atoms in total. The van der Waals surface area contributed by atoms with Crippen molar-refractivity contribution < 1.29 is 9.21 Å². The summed E-state index contributed by atoms with van der Waals surface area (Å²) in [4.78, 5) is 19.1. The van der Waals surface area contributed by atoms with Gasteiger partial charge in [0.2, 0.25) is 0 Å². The van der Waals surface area contributed by atoms with Crippen LogP contribution < -0.4 is 10.2 Å². The van der Waals surface area contributed by atoms with Crippen LogP contribution in [-0.4, -0.2) is 30.0 Å². The number of aromatic nitrogens is 1. The summed E-state index contributed by atoms with van der Waals surface area (Å²) in [6, 6.07) is 7.81. The Bertz CT molecular complexity index is 996. The smallest absolute Gasteiger partial charge is 0.255 e. The number of aryl methyl sites for hydroxylation is 1. The number of carbonyl (C=O) groups excluding carboxylic acids is 1. The van der Waals surface area contributed by atoms with Crippen molar-refractivity contribution >= 4 is 50.0 Å². The van der Waals surface area contributed by atoms with Crippen LogP contribution in [0.1, 0.15) is 29.0 Å². The third-order valence-electron chi connectivity index (χ3n) is 5.01. The topological polar surface area (TPSA) is 58.4 Å². The van der Waals surface area contributed by atoms with Gasteiger partial charge in [-0.25, -0.2) is 0 Å². The van der Waals surface area contributed by atoms with Crippen molar-refractivity contribution in [1.29, 1.82) is 0 Å². The first kappa shape index (κ1) is 18.3. The fraction of sp³-hybridized carbons (Fsp3) is 0.300. The second-order valence-electron chi connectivity index (χ2n) is 6.74. The van der Waals surface area contributed by atoms with Crippen LogP contribution in [0, 0.1) is 6.92 Å². The van der Waals surface area contributed by atoms with Gasteiger partial charge >= 0.3 is 0 Å². The van der Waals surface area contributed by atoms with Gasteiger partial charge in [-0.15, -0.1) is 0 Å². The molecule has 1 aliphatic heterocycles. The van der Waals surface area contributed by atoms with Crippen molar-refractivity contribution in [3.8, 4) is 0 Å². The van der Waals surface area contributed by atoms with Crippen LogP contribution >= 0.6 is 27.5 Å². The zero-order valence-corrected chi connectivity index (χ0v) is 17.2. The third kappa shape index (κ3) is 3.69. The van der Waals surface area contributed by atoms with Crippen molar-refractivity contribution in [2.24, 2.45) is 0 Å². The van der Waals surface area contributed by atoms with Crippen molar-refractivity contribution in [1.82, 2.24) is 10.3 Å². The van der Waals surface area contributed by atoms with Gasteiger partial charge in [0.15, 0.2) is 0 Å². The zero-order valence-electron chi connectivity index (χ0n) is 14.8. The molecule has 0 unspecified atom stereocenters. The Labute approximate surface area is 170 Å². The molecule has 0 spiro atoms. The van der Waals surface area contributed by atoms with Crippen LogP contribution in [0.2, 0.25) is 5.02 Å². The molecule has 7 heteroatoms. The van der Waals surface area contributed by atoms with Gasteiger partial charge < -0.3 is 14.6 Å². The Kier molecular flexibility index (Phi) is 5.10. The number of hydrogen-bond donors (Lipinski definition) is 1. The quantitative estimate of drug-likeness (QED) is 0.616. The SMILES string of the molecule is Cc1occc1C(=O)NC1CCN(c2ccnc3c(Cl)cc(Br)cc23)CC1. The van der Waals surface area contributed by atoms with E-state index < -0.39 is 0 Å². The third-order valence-corrected chi connectivity index (χ3v) is 5.76. The summed E-state index contributed by atoms with van der Waals surface area (Å²) in [5.41, 5.74) is 2.54. The molecule has 0 radical (unpaired) electrons. The molecule has 4 rings (SSSR count). The molecule has 3 aromatic rings. The van der Waals surface area contributed by atoms with Gasteiger partial charge in [-0.1, -0.05) is 27.5 Å². The second kappa shape index (κ2) is 7.52. The molecule has 1 aliphatic rings. The number of anilines is 1. The maximum atomic E-state index is 12.4. The van der Waals surface area contributed by atoms with E-state index in [-0.39, 0.29) is 11.9 Å². The Hall–Kier alpha value is -2.05. The van der Waals surface area contributed by atoms with Gasteiger partial charge in [0.05, 0.1) is 22.4 Å². The molecule has 1 N–H and O–H groups in total. The summed E-state index contributed by atoms with van der Waals surface area (Å²) >= 11 is 9.87. The predicted molar refractivity (Wildman–Crippen MR) is 111 cm³/mol. The van der Waals surface area contributed by atoms with Crippen LogP contribution in [-0.2, 0) is 0 Å².